The summed E-state index contributed by atoms with van der Waals surface area (Å²) in [6, 6.07) is 6.42. The smallest absolute Gasteiger partial charge is 0.234 e. The van der Waals surface area contributed by atoms with Crippen LogP contribution in [-0.4, -0.2) is 18.2 Å². The van der Waals surface area contributed by atoms with Crippen LogP contribution in [0, 0.1) is 5.41 Å². The first-order chi connectivity index (χ1) is 8.71. The van der Waals surface area contributed by atoms with E-state index in [-0.39, 0.29) is 5.91 Å². The second-order valence-corrected chi connectivity index (χ2v) is 6.42. The molecule has 2 aliphatic rings. The van der Waals surface area contributed by atoms with Crippen molar-refractivity contribution in [1.82, 2.24) is 0 Å². The molecule has 0 spiro atoms. The van der Waals surface area contributed by atoms with E-state index in [1.807, 2.05) is 0 Å². The first-order valence-corrected chi connectivity index (χ1v) is 7.45. The summed E-state index contributed by atoms with van der Waals surface area (Å²) in [6.07, 6.45) is 4.81. The Kier molecular flexibility index (Phi) is 3.08. The van der Waals surface area contributed by atoms with E-state index in [0.717, 1.165) is 18.7 Å². The van der Waals surface area contributed by atoms with Gasteiger partial charge in [-0.15, -0.1) is 11.8 Å². The third kappa shape index (κ3) is 2.15. The van der Waals surface area contributed by atoms with Crippen molar-refractivity contribution in [2.75, 3.05) is 17.6 Å². The van der Waals surface area contributed by atoms with E-state index >= 15 is 0 Å². The Bertz CT molecular complexity index is 477. The predicted octanol–water partition coefficient (Wildman–Crippen LogP) is 2.40. The van der Waals surface area contributed by atoms with Crippen LogP contribution in [0.5, 0.6) is 0 Å². The van der Waals surface area contributed by atoms with Gasteiger partial charge in [-0.05, 0) is 48.9 Å². The van der Waals surface area contributed by atoms with Crippen LogP contribution >= 0.6 is 11.8 Å². The number of anilines is 1. The first-order valence-electron chi connectivity index (χ1n) is 6.46. The summed E-state index contributed by atoms with van der Waals surface area (Å²) in [4.78, 5) is 12.6. The number of carbonyl (C=O) groups excluding carboxylic acids is 1. The fourth-order valence-electron chi connectivity index (χ4n) is 2.80. The summed E-state index contributed by atoms with van der Waals surface area (Å²) < 4.78 is 0. The van der Waals surface area contributed by atoms with Gasteiger partial charge in [0.05, 0.1) is 11.4 Å². The molecule has 3 N–H and O–H groups in total. The van der Waals surface area contributed by atoms with E-state index in [9.17, 15) is 4.79 Å². The molecule has 1 amide bonds. The molecule has 0 saturated heterocycles. The van der Waals surface area contributed by atoms with Crippen molar-refractivity contribution < 1.29 is 4.79 Å². The Morgan fingerprint density at radius 1 is 1.39 bits per heavy atom. The van der Waals surface area contributed by atoms with Crippen LogP contribution in [0.2, 0.25) is 0 Å². The van der Waals surface area contributed by atoms with Gasteiger partial charge in [-0.25, -0.2) is 0 Å². The van der Waals surface area contributed by atoms with Gasteiger partial charge in [0, 0.05) is 4.90 Å². The molecule has 4 heteroatoms. The molecule has 3 rings (SSSR count). The number of amides is 1. The van der Waals surface area contributed by atoms with Crippen LogP contribution in [0.4, 0.5) is 5.69 Å². The largest absolute Gasteiger partial charge is 0.330 e. The number of fused-ring (bicyclic) bond motifs is 1. The zero-order valence-corrected chi connectivity index (χ0v) is 11.2. The quantitative estimate of drug-likeness (QED) is 0.879. The average Bonchev–Trinajstić information content (AvgIpc) is 2.33. The van der Waals surface area contributed by atoms with Gasteiger partial charge < -0.3 is 11.1 Å². The molecule has 3 nitrogen and oxygen atoms in total. The van der Waals surface area contributed by atoms with Crippen LogP contribution < -0.4 is 11.1 Å². The monoisotopic (exact) mass is 262 g/mol. The van der Waals surface area contributed by atoms with E-state index in [4.69, 9.17) is 5.73 Å². The average molecular weight is 262 g/mol. The minimum absolute atomic E-state index is 0.0989. The molecule has 0 aromatic heterocycles. The van der Waals surface area contributed by atoms with Crippen LogP contribution in [0.25, 0.3) is 0 Å². The zero-order valence-electron chi connectivity index (χ0n) is 10.4. The highest BCUT2D eigenvalue weighted by Gasteiger charge is 2.35. The summed E-state index contributed by atoms with van der Waals surface area (Å²) in [5, 5.41) is 2.95. The molecular formula is C14H18N2OS. The molecule has 96 valence electrons. The molecule has 0 atom stereocenters. The lowest BCUT2D eigenvalue weighted by atomic mass is 9.65. The van der Waals surface area contributed by atoms with Gasteiger partial charge in [0.1, 0.15) is 0 Å². The Morgan fingerprint density at radius 2 is 2.22 bits per heavy atom. The highest BCUT2D eigenvalue weighted by molar-refractivity contribution is 8.00. The molecule has 1 aromatic carbocycles. The van der Waals surface area contributed by atoms with Gasteiger partial charge in [0.2, 0.25) is 5.91 Å². The van der Waals surface area contributed by atoms with Crippen LogP contribution in [-0.2, 0) is 11.2 Å². The van der Waals surface area contributed by atoms with Crippen LogP contribution in [0.15, 0.2) is 23.1 Å². The predicted molar refractivity (Wildman–Crippen MR) is 74.8 cm³/mol. The summed E-state index contributed by atoms with van der Waals surface area (Å²) in [7, 11) is 0. The number of nitrogens with one attached hydrogen (secondary N) is 1. The maximum absolute atomic E-state index is 11.4. The van der Waals surface area contributed by atoms with Crippen molar-refractivity contribution in [3.8, 4) is 0 Å². The number of hydrogen-bond acceptors (Lipinski definition) is 3. The molecule has 0 unspecified atom stereocenters. The van der Waals surface area contributed by atoms with Gasteiger partial charge in [0.25, 0.3) is 0 Å². The molecule has 1 aromatic rings. The molecule has 0 radical (unpaired) electrons. The van der Waals surface area contributed by atoms with E-state index in [1.165, 1.54) is 29.7 Å². The second-order valence-electron chi connectivity index (χ2n) is 5.40. The third-order valence-corrected chi connectivity index (χ3v) is 5.18. The molecule has 18 heavy (non-hydrogen) atoms. The molecule has 1 aliphatic heterocycles. The van der Waals surface area contributed by atoms with Crippen molar-refractivity contribution in [3.63, 3.8) is 0 Å². The van der Waals surface area contributed by atoms with E-state index in [2.05, 4.69) is 23.5 Å². The van der Waals surface area contributed by atoms with Gasteiger partial charge in [-0.2, -0.15) is 0 Å². The molecular weight excluding hydrogens is 244 g/mol. The Labute approximate surface area is 112 Å². The highest BCUT2D eigenvalue weighted by Crippen LogP contribution is 2.43. The number of hydrogen-bond donors (Lipinski definition) is 2. The lowest BCUT2D eigenvalue weighted by Crippen LogP contribution is -2.39. The topological polar surface area (TPSA) is 55.1 Å². The van der Waals surface area contributed by atoms with Crippen molar-refractivity contribution in [1.29, 1.82) is 0 Å². The van der Waals surface area contributed by atoms with E-state index < -0.39 is 0 Å². The Hall–Kier alpha value is -1.000. The Morgan fingerprint density at radius 3 is 2.89 bits per heavy atom. The number of nitrogens with two attached hydrogens (primary N) is 1. The second kappa shape index (κ2) is 4.59. The van der Waals surface area contributed by atoms with E-state index in [1.54, 1.807) is 11.8 Å². The summed E-state index contributed by atoms with van der Waals surface area (Å²) in [5.74, 6) is 0.626. The highest BCUT2D eigenvalue weighted by atomic mass is 32.2. The van der Waals surface area contributed by atoms with Gasteiger partial charge in [0.15, 0.2) is 0 Å². The maximum Gasteiger partial charge on any atom is 0.234 e. The number of benzene rings is 1. The van der Waals surface area contributed by atoms with Crippen molar-refractivity contribution in [2.24, 2.45) is 11.1 Å². The molecule has 0 bridgehead atoms. The summed E-state index contributed by atoms with van der Waals surface area (Å²) >= 11 is 1.61. The standard InChI is InChI=1S/C14H18N2OS/c15-9-14(4-1-5-14)7-10-2-3-12-11(6-10)16-13(17)8-18-12/h2-3,6H,1,4-5,7-9,15H2,(H,16,17). The van der Waals surface area contributed by atoms with Crippen molar-refractivity contribution in [2.45, 2.75) is 30.6 Å². The van der Waals surface area contributed by atoms with Crippen LogP contribution in [0.3, 0.4) is 0 Å². The molecule has 1 saturated carbocycles. The zero-order chi connectivity index (χ0) is 12.6. The third-order valence-electron chi connectivity index (χ3n) is 4.10. The Balaban J connectivity index is 1.81. The van der Waals surface area contributed by atoms with Gasteiger partial charge >= 0.3 is 0 Å². The lowest BCUT2D eigenvalue weighted by molar-refractivity contribution is -0.113. The maximum atomic E-state index is 11.4. The van der Waals surface area contributed by atoms with Gasteiger partial charge in [-0.1, -0.05) is 12.5 Å². The SMILES string of the molecule is NCC1(Cc2ccc3c(c2)NC(=O)CS3)CCC1. The van der Waals surface area contributed by atoms with Crippen molar-refractivity contribution in [3.05, 3.63) is 23.8 Å². The minimum atomic E-state index is 0.0989. The molecule has 1 heterocycles. The van der Waals surface area contributed by atoms with Crippen LogP contribution in [0.1, 0.15) is 24.8 Å². The fraction of sp³-hybridized carbons (Fsp3) is 0.500. The number of carbonyl (C=O) groups is 1. The molecule has 1 aliphatic carbocycles. The fourth-order valence-corrected chi connectivity index (χ4v) is 3.59. The lowest BCUT2D eigenvalue weighted by Gasteiger charge is -2.41. The molecule has 1 fully saturated rings. The number of thioether (sulfide) groups is 1. The minimum Gasteiger partial charge on any atom is -0.330 e. The summed E-state index contributed by atoms with van der Waals surface area (Å²) in [5.41, 5.74) is 8.49. The van der Waals surface area contributed by atoms with E-state index in [0.29, 0.717) is 11.2 Å². The number of rotatable bonds is 3. The first kappa shape index (κ1) is 12.1. The van der Waals surface area contributed by atoms with Gasteiger partial charge in [-0.3, -0.25) is 4.79 Å². The van der Waals surface area contributed by atoms with Crippen molar-refractivity contribution >= 4 is 23.4 Å². The summed E-state index contributed by atoms with van der Waals surface area (Å²) in [6.45, 7) is 0.769. The normalized spacial score (nSPS) is 20.8.